The lowest BCUT2D eigenvalue weighted by Crippen LogP contribution is -2.27. The molecule has 1 unspecified atom stereocenters. The Kier molecular flexibility index (Phi) is 5.33. The fourth-order valence-corrected chi connectivity index (χ4v) is 2.80. The molecule has 5 nitrogen and oxygen atoms in total. The van der Waals surface area contributed by atoms with E-state index in [4.69, 9.17) is 9.47 Å². The summed E-state index contributed by atoms with van der Waals surface area (Å²) in [7, 11) is 1.61. The van der Waals surface area contributed by atoms with Gasteiger partial charge in [0.25, 0.3) is 0 Å². The van der Waals surface area contributed by atoms with Crippen LogP contribution in [-0.4, -0.2) is 25.6 Å². The van der Waals surface area contributed by atoms with E-state index in [1.165, 1.54) is 0 Å². The molecule has 5 heteroatoms. The number of nitrogens with one attached hydrogen (secondary N) is 2. The molecule has 0 saturated carbocycles. The third-order valence-electron chi connectivity index (χ3n) is 4.03. The first-order chi connectivity index (χ1) is 11.7. The molecule has 2 N–H and O–H groups in total. The maximum Gasteiger partial charge on any atom is 0.225 e. The maximum atomic E-state index is 12.0. The van der Waals surface area contributed by atoms with Gasteiger partial charge in [0.1, 0.15) is 5.75 Å². The van der Waals surface area contributed by atoms with Gasteiger partial charge in [-0.3, -0.25) is 4.79 Å². The molecule has 3 rings (SSSR count). The largest absolute Gasteiger partial charge is 0.493 e. The average molecular weight is 326 g/mol. The van der Waals surface area contributed by atoms with Crippen molar-refractivity contribution in [3.63, 3.8) is 0 Å². The number of amides is 1. The van der Waals surface area contributed by atoms with Crippen molar-refractivity contribution in [1.82, 2.24) is 5.32 Å². The molecule has 1 amide bonds. The lowest BCUT2D eigenvalue weighted by Gasteiger charge is -2.12. The van der Waals surface area contributed by atoms with Crippen molar-refractivity contribution in [2.24, 2.45) is 0 Å². The van der Waals surface area contributed by atoms with E-state index in [0.29, 0.717) is 29.7 Å². The number of carbonyl (C=O) groups is 1. The molecule has 1 atom stereocenters. The summed E-state index contributed by atoms with van der Waals surface area (Å²) in [4.78, 5) is 12.0. The quantitative estimate of drug-likeness (QED) is 0.852. The fourth-order valence-electron chi connectivity index (χ4n) is 2.80. The highest BCUT2D eigenvalue weighted by Gasteiger charge is 2.17. The first-order valence-corrected chi connectivity index (χ1v) is 8.19. The number of rotatable bonds is 6. The van der Waals surface area contributed by atoms with Gasteiger partial charge < -0.3 is 20.1 Å². The van der Waals surface area contributed by atoms with E-state index >= 15 is 0 Å². The summed E-state index contributed by atoms with van der Waals surface area (Å²) in [5.74, 6) is 2.06. The Morgan fingerprint density at radius 2 is 1.92 bits per heavy atom. The minimum Gasteiger partial charge on any atom is -0.493 e. The summed E-state index contributed by atoms with van der Waals surface area (Å²) >= 11 is 0. The Balaban J connectivity index is 1.57. The highest BCUT2D eigenvalue weighted by atomic mass is 16.5. The summed E-state index contributed by atoms with van der Waals surface area (Å²) in [6, 6.07) is 15.1. The van der Waals surface area contributed by atoms with Crippen LogP contribution in [0.3, 0.4) is 0 Å². The monoisotopic (exact) mass is 326 g/mol. The lowest BCUT2D eigenvalue weighted by molar-refractivity contribution is -0.116. The smallest absolute Gasteiger partial charge is 0.225 e. The van der Waals surface area contributed by atoms with E-state index in [2.05, 4.69) is 10.6 Å². The Bertz CT molecular complexity index is 679. The van der Waals surface area contributed by atoms with Gasteiger partial charge in [-0.25, -0.2) is 0 Å². The summed E-state index contributed by atoms with van der Waals surface area (Å²) in [5.41, 5.74) is 0.769. The molecule has 2 aromatic rings. The third kappa shape index (κ3) is 4.26. The second-order valence-corrected chi connectivity index (χ2v) is 5.82. The molecule has 0 aliphatic carbocycles. The van der Waals surface area contributed by atoms with Crippen molar-refractivity contribution in [3.8, 4) is 17.2 Å². The van der Waals surface area contributed by atoms with Gasteiger partial charge in [0.2, 0.25) is 5.91 Å². The molecule has 2 aromatic carbocycles. The lowest BCUT2D eigenvalue weighted by atomic mass is 10.1. The molecule has 0 aromatic heterocycles. The second-order valence-electron chi connectivity index (χ2n) is 5.82. The zero-order valence-electron chi connectivity index (χ0n) is 13.7. The molecule has 126 valence electrons. The molecule has 1 aliphatic rings. The first-order valence-electron chi connectivity index (χ1n) is 8.19. The van der Waals surface area contributed by atoms with Crippen LogP contribution >= 0.6 is 0 Å². The minimum absolute atomic E-state index is 0.0350. The molecule has 1 fully saturated rings. The summed E-state index contributed by atoms with van der Waals surface area (Å²) in [6.07, 6.45) is 2.73. The van der Waals surface area contributed by atoms with Crippen molar-refractivity contribution in [2.75, 3.05) is 19.0 Å². The van der Waals surface area contributed by atoms with Crippen molar-refractivity contribution >= 4 is 11.6 Å². The Labute approximate surface area is 142 Å². The van der Waals surface area contributed by atoms with Crippen molar-refractivity contribution in [1.29, 1.82) is 0 Å². The first kappa shape index (κ1) is 16.3. The van der Waals surface area contributed by atoms with Gasteiger partial charge in [-0.05, 0) is 55.8 Å². The molecule has 0 radical (unpaired) electrons. The van der Waals surface area contributed by atoms with Crippen LogP contribution in [-0.2, 0) is 4.79 Å². The maximum absolute atomic E-state index is 12.0. The third-order valence-corrected chi connectivity index (χ3v) is 4.03. The topological polar surface area (TPSA) is 59.6 Å². The Hall–Kier alpha value is -2.53. The molecular weight excluding hydrogens is 304 g/mol. The highest BCUT2D eigenvalue weighted by molar-refractivity contribution is 5.91. The molecular formula is C19H22N2O3. The van der Waals surface area contributed by atoms with Crippen LogP contribution in [0.5, 0.6) is 17.2 Å². The molecule has 1 aliphatic heterocycles. The standard InChI is InChI=1S/C19H22N2O3/c1-23-17-6-2-3-7-18(17)24-16-10-8-14(9-11-16)21-19(22)13-15-5-4-12-20-15/h2-3,6-11,15,20H,4-5,12-13H2,1H3,(H,21,22). The van der Waals surface area contributed by atoms with E-state index in [-0.39, 0.29) is 5.91 Å². The number of hydrogen-bond acceptors (Lipinski definition) is 4. The summed E-state index contributed by atoms with van der Waals surface area (Å²) in [5, 5.41) is 6.25. The van der Waals surface area contributed by atoms with Gasteiger partial charge in [-0.2, -0.15) is 0 Å². The second kappa shape index (κ2) is 7.84. The predicted octanol–water partition coefficient (Wildman–Crippen LogP) is 3.57. The molecule has 24 heavy (non-hydrogen) atoms. The number of benzene rings is 2. The molecule has 1 saturated heterocycles. The number of ether oxygens (including phenoxy) is 2. The van der Waals surface area contributed by atoms with E-state index in [1.807, 2.05) is 48.5 Å². The predicted molar refractivity (Wildman–Crippen MR) is 93.8 cm³/mol. The van der Waals surface area contributed by atoms with Crippen LogP contribution < -0.4 is 20.1 Å². The van der Waals surface area contributed by atoms with Gasteiger partial charge >= 0.3 is 0 Å². The number of hydrogen-bond donors (Lipinski definition) is 2. The summed E-state index contributed by atoms with van der Waals surface area (Å²) < 4.78 is 11.1. The Morgan fingerprint density at radius 1 is 1.17 bits per heavy atom. The van der Waals surface area contributed by atoms with Crippen molar-refractivity contribution in [3.05, 3.63) is 48.5 Å². The van der Waals surface area contributed by atoms with Crippen LogP contribution in [0.25, 0.3) is 0 Å². The number of anilines is 1. The van der Waals surface area contributed by atoms with E-state index in [9.17, 15) is 4.79 Å². The number of methoxy groups -OCH3 is 1. The van der Waals surface area contributed by atoms with E-state index < -0.39 is 0 Å². The zero-order valence-corrected chi connectivity index (χ0v) is 13.7. The summed E-state index contributed by atoms with van der Waals surface area (Å²) in [6.45, 7) is 1.01. The van der Waals surface area contributed by atoms with Crippen LogP contribution in [0.1, 0.15) is 19.3 Å². The number of para-hydroxylation sites is 2. The van der Waals surface area contributed by atoms with Crippen LogP contribution in [0.4, 0.5) is 5.69 Å². The minimum atomic E-state index is 0.0350. The van der Waals surface area contributed by atoms with E-state index in [1.54, 1.807) is 7.11 Å². The average Bonchev–Trinajstić information content (AvgIpc) is 3.10. The number of carbonyl (C=O) groups excluding carboxylic acids is 1. The van der Waals surface area contributed by atoms with Crippen LogP contribution in [0.2, 0.25) is 0 Å². The zero-order chi connectivity index (χ0) is 16.8. The van der Waals surface area contributed by atoms with Gasteiger partial charge in [0.15, 0.2) is 11.5 Å². The van der Waals surface area contributed by atoms with Crippen molar-refractivity contribution in [2.45, 2.75) is 25.3 Å². The SMILES string of the molecule is COc1ccccc1Oc1ccc(NC(=O)CC2CCCN2)cc1. The van der Waals surface area contributed by atoms with Crippen LogP contribution in [0, 0.1) is 0 Å². The van der Waals surface area contributed by atoms with Gasteiger partial charge in [-0.15, -0.1) is 0 Å². The van der Waals surface area contributed by atoms with Crippen molar-refractivity contribution < 1.29 is 14.3 Å². The highest BCUT2D eigenvalue weighted by Crippen LogP contribution is 2.31. The van der Waals surface area contributed by atoms with Gasteiger partial charge in [0.05, 0.1) is 7.11 Å². The Morgan fingerprint density at radius 3 is 2.58 bits per heavy atom. The van der Waals surface area contributed by atoms with Crippen LogP contribution in [0.15, 0.2) is 48.5 Å². The van der Waals surface area contributed by atoms with Gasteiger partial charge in [-0.1, -0.05) is 12.1 Å². The van der Waals surface area contributed by atoms with Gasteiger partial charge in [0, 0.05) is 18.2 Å². The molecule has 1 heterocycles. The molecule has 0 spiro atoms. The normalized spacial score (nSPS) is 16.6. The fraction of sp³-hybridized carbons (Fsp3) is 0.316. The molecule has 0 bridgehead atoms. The van der Waals surface area contributed by atoms with E-state index in [0.717, 1.165) is 25.1 Å².